The second kappa shape index (κ2) is 5.72. The van der Waals surface area contributed by atoms with Crippen molar-refractivity contribution in [3.8, 4) is 11.3 Å². The number of aromatic nitrogens is 4. The van der Waals surface area contributed by atoms with Crippen LogP contribution in [-0.2, 0) is 22.6 Å². The summed E-state index contributed by atoms with van der Waals surface area (Å²) in [7, 11) is -4.01. The standard InChI is InChI=1S/C11H8F6N4O2S/c1-24(22,23)9-18-3-7(11(15,16)17)8(20-9)6-2-19-21(4-6)5-10(12,13)14/h2-4H,5H2,1H3. The highest BCUT2D eigenvalue weighted by Gasteiger charge is 2.36. The molecule has 0 aliphatic carbocycles. The van der Waals surface area contributed by atoms with Crippen LogP contribution in [0.4, 0.5) is 26.3 Å². The van der Waals surface area contributed by atoms with Crippen LogP contribution in [0, 0.1) is 0 Å². The molecule has 24 heavy (non-hydrogen) atoms. The van der Waals surface area contributed by atoms with Gasteiger partial charge in [-0.3, -0.25) is 4.68 Å². The van der Waals surface area contributed by atoms with Gasteiger partial charge in [-0.1, -0.05) is 0 Å². The van der Waals surface area contributed by atoms with Crippen LogP contribution in [-0.4, -0.2) is 40.6 Å². The van der Waals surface area contributed by atoms with Crippen LogP contribution in [0.3, 0.4) is 0 Å². The molecule has 0 fully saturated rings. The highest BCUT2D eigenvalue weighted by molar-refractivity contribution is 7.90. The van der Waals surface area contributed by atoms with Crippen LogP contribution in [0.15, 0.2) is 23.7 Å². The molecule has 0 atom stereocenters. The molecule has 2 aromatic rings. The van der Waals surface area contributed by atoms with Gasteiger partial charge < -0.3 is 0 Å². The number of alkyl halides is 6. The van der Waals surface area contributed by atoms with E-state index in [4.69, 9.17) is 0 Å². The highest BCUT2D eigenvalue weighted by Crippen LogP contribution is 2.36. The summed E-state index contributed by atoms with van der Waals surface area (Å²) in [5.74, 6) is 0. The quantitative estimate of drug-likeness (QED) is 0.609. The molecule has 0 amide bonds. The Labute approximate surface area is 131 Å². The van der Waals surface area contributed by atoms with Gasteiger partial charge in [0.05, 0.1) is 11.9 Å². The first-order valence-electron chi connectivity index (χ1n) is 6.01. The largest absolute Gasteiger partial charge is 0.419 e. The zero-order valence-electron chi connectivity index (χ0n) is 11.7. The average Bonchev–Trinajstić information content (AvgIpc) is 2.82. The highest BCUT2D eigenvalue weighted by atomic mass is 32.2. The molecule has 0 saturated carbocycles. The summed E-state index contributed by atoms with van der Waals surface area (Å²) in [6.45, 7) is -1.52. The fourth-order valence-corrected chi connectivity index (χ4v) is 2.23. The molecule has 6 nitrogen and oxygen atoms in total. The summed E-state index contributed by atoms with van der Waals surface area (Å²) in [5.41, 5.74) is -2.67. The van der Waals surface area contributed by atoms with E-state index in [1.807, 2.05) is 0 Å². The molecule has 2 aromatic heterocycles. The van der Waals surface area contributed by atoms with Gasteiger partial charge in [0, 0.05) is 24.2 Å². The van der Waals surface area contributed by atoms with Gasteiger partial charge in [0.1, 0.15) is 12.1 Å². The first-order valence-corrected chi connectivity index (χ1v) is 7.90. The van der Waals surface area contributed by atoms with Crippen molar-refractivity contribution in [1.82, 2.24) is 19.7 Å². The van der Waals surface area contributed by atoms with Gasteiger partial charge in [0.25, 0.3) is 0 Å². The SMILES string of the molecule is CS(=O)(=O)c1ncc(C(F)(F)F)c(-c2cnn(CC(F)(F)F)c2)n1. The molecule has 0 aromatic carbocycles. The van der Waals surface area contributed by atoms with Crippen molar-refractivity contribution in [3.63, 3.8) is 0 Å². The Bertz CT molecular complexity index is 856. The predicted molar refractivity (Wildman–Crippen MR) is 67.4 cm³/mol. The molecule has 0 radical (unpaired) electrons. The lowest BCUT2D eigenvalue weighted by atomic mass is 10.1. The lowest BCUT2D eigenvalue weighted by molar-refractivity contribution is -0.142. The number of halogens is 6. The Kier molecular flexibility index (Phi) is 4.33. The van der Waals surface area contributed by atoms with Gasteiger partial charge in [-0.05, 0) is 0 Å². The van der Waals surface area contributed by atoms with Crippen molar-refractivity contribution in [1.29, 1.82) is 0 Å². The maximum atomic E-state index is 13.0. The maximum Gasteiger partial charge on any atom is 0.419 e. The Morgan fingerprint density at radius 3 is 2.25 bits per heavy atom. The van der Waals surface area contributed by atoms with E-state index in [0.717, 1.165) is 6.20 Å². The lowest BCUT2D eigenvalue weighted by Gasteiger charge is -2.11. The van der Waals surface area contributed by atoms with E-state index in [9.17, 15) is 34.8 Å². The molecule has 0 bridgehead atoms. The first kappa shape index (κ1) is 18.2. The Morgan fingerprint density at radius 1 is 1.12 bits per heavy atom. The number of rotatable bonds is 3. The van der Waals surface area contributed by atoms with E-state index >= 15 is 0 Å². The fraction of sp³-hybridized carbons (Fsp3) is 0.364. The second-order valence-corrected chi connectivity index (χ2v) is 6.64. The molecule has 2 rings (SSSR count). The Morgan fingerprint density at radius 2 is 1.75 bits per heavy atom. The van der Waals surface area contributed by atoms with Crippen LogP contribution in [0.2, 0.25) is 0 Å². The van der Waals surface area contributed by atoms with E-state index in [1.54, 1.807) is 0 Å². The summed E-state index contributed by atoms with van der Waals surface area (Å²) in [6, 6.07) is 0. The summed E-state index contributed by atoms with van der Waals surface area (Å²) in [5, 5.41) is 2.43. The van der Waals surface area contributed by atoms with E-state index in [2.05, 4.69) is 15.1 Å². The summed E-state index contributed by atoms with van der Waals surface area (Å²) in [6.07, 6.45) is -7.18. The van der Waals surface area contributed by atoms with Crippen LogP contribution in [0.5, 0.6) is 0 Å². The van der Waals surface area contributed by atoms with Crippen LogP contribution in [0.1, 0.15) is 5.56 Å². The molecular formula is C11H8F6N4O2S. The summed E-state index contributed by atoms with van der Waals surface area (Å²) < 4.78 is 99.1. The number of sulfone groups is 1. The average molecular weight is 374 g/mol. The van der Waals surface area contributed by atoms with Gasteiger partial charge in [-0.15, -0.1) is 0 Å². The minimum atomic E-state index is -4.93. The molecular weight excluding hydrogens is 366 g/mol. The summed E-state index contributed by atoms with van der Waals surface area (Å²) in [4.78, 5) is 6.48. The number of nitrogens with zero attached hydrogens (tertiary/aromatic N) is 4. The first-order chi connectivity index (χ1) is 10.8. The molecule has 0 unspecified atom stereocenters. The monoisotopic (exact) mass is 374 g/mol. The lowest BCUT2D eigenvalue weighted by Crippen LogP contribution is -2.17. The Hall–Kier alpha value is -2.18. The third-order valence-electron chi connectivity index (χ3n) is 2.65. The zero-order valence-corrected chi connectivity index (χ0v) is 12.5. The molecule has 0 saturated heterocycles. The molecule has 0 N–H and O–H groups in total. The van der Waals surface area contributed by atoms with Crippen molar-refractivity contribution >= 4 is 9.84 Å². The van der Waals surface area contributed by atoms with E-state index in [0.29, 0.717) is 17.1 Å². The number of hydrogen-bond donors (Lipinski definition) is 0. The van der Waals surface area contributed by atoms with Crippen LogP contribution < -0.4 is 0 Å². The molecule has 2 heterocycles. The molecule has 0 aliphatic heterocycles. The summed E-state index contributed by atoms with van der Waals surface area (Å²) >= 11 is 0. The molecule has 132 valence electrons. The van der Waals surface area contributed by atoms with Crippen molar-refractivity contribution in [2.24, 2.45) is 0 Å². The molecule has 13 heteroatoms. The third-order valence-corrected chi connectivity index (χ3v) is 3.51. The molecule has 0 spiro atoms. The number of hydrogen-bond acceptors (Lipinski definition) is 5. The van der Waals surface area contributed by atoms with Crippen molar-refractivity contribution < 1.29 is 34.8 Å². The van der Waals surface area contributed by atoms with Gasteiger partial charge in [-0.25, -0.2) is 18.4 Å². The third kappa shape index (κ3) is 4.21. The van der Waals surface area contributed by atoms with E-state index in [1.165, 1.54) is 0 Å². The van der Waals surface area contributed by atoms with Crippen molar-refractivity contribution in [2.75, 3.05) is 6.26 Å². The minimum absolute atomic E-state index is 0.264. The van der Waals surface area contributed by atoms with Crippen LogP contribution >= 0.6 is 0 Å². The van der Waals surface area contributed by atoms with Crippen molar-refractivity contribution in [3.05, 3.63) is 24.2 Å². The van der Waals surface area contributed by atoms with Gasteiger partial charge in [0.15, 0.2) is 0 Å². The normalized spacial score (nSPS) is 13.3. The zero-order chi connectivity index (χ0) is 18.3. The minimum Gasteiger partial charge on any atom is -0.263 e. The smallest absolute Gasteiger partial charge is 0.263 e. The Balaban J connectivity index is 2.59. The predicted octanol–water partition coefficient (Wildman–Crippen LogP) is 2.32. The van der Waals surface area contributed by atoms with Gasteiger partial charge in [0.2, 0.25) is 15.0 Å². The maximum absolute atomic E-state index is 13.0. The topological polar surface area (TPSA) is 77.7 Å². The molecule has 0 aliphatic rings. The van der Waals surface area contributed by atoms with E-state index in [-0.39, 0.29) is 6.20 Å². The van der Waals surface area contributed by atoms with Gasteiger partial charge in [-0.2, -0.15) is 31.4 Å². The second-order valence-electron chi connectivity index (χ2n) is 4.73. The fourth-order valence-electron chi connectivity index (χ4n) is 1.73. The van der Waals surface area contributed by atoms with Crippen molar-refractivity contribution in [2.45, 2.75) is 24.1 Å². The van der Waals surface area contributed by atoms with Crippen LogP contribution in [0.25, 0.3) is 11.3 Å². The van der Waals surface area contributed by atoms with E-state index < -0.39 is 50.7 Å². The van der Waals surface area contributed by atoms with Gasteiger partial charge >= 0.3 is 12.4 Å².